The Bertz CT molecular complexity index is 629. The summed E-state index contributed by atoms with van der Waals surface area (Å²) >= 11 is 6.15. The van der Waals surface area contributed by atoms with Gasteiger partial charge in [0, 0.05) is 0 Å². The average molecular weight is 307 g/mol. The standard InChI is InChI=1S/C15H15ClN2O3/c1-2-20-15(19)8-10-3-5-13(12(16)7-10)21-11-4-6-14(17)18-9-11/h3-7,9H,2,8H2,1H3,(H2,17,18). The van der Waals surface area contributed by atoms with Crippen molar-refractivity contribution in [3.63, 3.8) is 0 Å². The molecule has 0 aliphatic rings. The highest BCUT2D eigenvalue weighted by Gasteiger charge is 2.08. The summed E-state index contributed by atoms with van der Waals surface area (Å²) in [5, 5.41) is 0.411. The minimum atomic E-state index is -0.287. The SMILES string of the molecule is CCOC(=O)Cc1ccc(Oc2ccc(N)nc2)c(Cl)c1. The van der Waals surface area contributed by atoms with Crippen molar-refractivity contribution in [1.29, 1.82) is 0 Å². The van der Waals surface area contributed by atoms with E-state index in [2.05, 4.69) is 4.98 Å². The molecule has 1 aromatic carbocycles. The summed E-state index contributed by atoms with van der Waals surface area (Å²) < 4.78 is 10.5. The Hall–Kier alpha value is -2.27. The molecule has 2 N–H and O–H groups in total. The van der Waals surface area contributed by atoms with Crippen molar-refractivity contribution in [2.24, 2.45) is 0 Å². The van der Waals surface area contributed by atoms with Gasteiger partial charge in [-0.15, -0.1) is 0 Å². The Morgan fingerprint density at radius 2 is 2.14 bits per heavy atom. The first-order chi connectivity index (χ1) is 10.1. The number of halogens is 1. The fraction of sp³-hybridized carbons (Fsp3) is 0.200. The zero-order chi connectivity index (χ0) is 15.2. The number of aromatic nitrogens is 1. The molecule has 0 unspecified atom stereocenters. The Morgan fingerprint density at radius 3 is 2.76 bits per heavy atom. The number of nitrogens with two attached hydrogens (primary N) is 1. The molecule has 5 nitrogen and oxygen atoms in total. The number of nitrogens with zero attached hydrogens (tertiary/aromatic N) is 1. The first-order valence-electron chi connectivity index (χ1n) is 6.42. The number of pyridine rings is 1. The number of esters is 1. The molecule has 0 aliphatic heterocycles. The Morgan fingerprint density at radius 1 is 1.33 bits per heavy atom. The number of carbonyl (C=O) groups is 1. The molecule has 2 rings (SSSR count). The minimum absolute atomic E-state index is 0.178. The lowest BCUT2D eigenvalue weighted by Crippen LogP contribution is -2.07. The van der Waals surface area contributed by atoms with Gasteiger partial charge in [0.1, 0.15) is 17.3 Å². The zero-order valence-electron chi connectivity index (χ0n) is 11.5. The van der Waals surface area contributed by atoms with Crippen LogP contribution < -0.4 is 10.5 Å². The molecule has 2 aromatic rings. The first-order valence-corrected chi connectivity index (χ1v) is 6.79. The third kappa shape index (κ3) is 4.36. The molecule has 0 aliphatic carbocycles. The lowest BCUT2D eigenvalue weighted by Gasteiger charge is -2.09. The fourth-order valence-electron chi connectivity index (χ4n) is 1.69. The quantitative estimate of drug-likeness (QED) is 0.858. The predicted molar refractivity (Wildman–Crippen MR) is 80.5 cm³/mol. The van der Waals surface area contributed by atoms with Crippen LogP contribution in [0.2, 0.25) is 5.02 Å². The average Bonchev–Trinajstić information content (AvgIpc) is 2.44. The maximum atomic E-state index is 11.4. The van der Waals surface area contributed by atoms with Crippen molar-refractivity contribution in [1.82, 2.24) is 4.98 Å². The molecule has 0 fully saturated rings. The topological polar surface area (TPSA) is 74.4 Å². The number of anilines is 1. The van der Waals surface area contributed by atoms with Crippen LogP contribution in [0.15, 0.2) is 36.5 Å². The molecule has 21 heavy (non-hydrogen) atoms. The van der Waals surface area contributed by atoms with Crippen molar-refractivity contribution in [3.05, 3.63) is 47.1 Å². The van der Waals surface area contributed by atoms with Crippen molar-refractivity contribution >= 4 is 23.4 Å². The van der Waals surface area contributed by atoms with E-state index in [1.54, 1.807) is 37.3 Å². The molecule has 0 atom stereocenters. The van der Waals surface area contributed by atoms with Crippen LogP contribution >= 0.6 is 11.6 Å². The van der Waals surface area contributed by atoms with Gasteiger partial charge in [0.15, 0.2) is 0 Å². The summed E-state index contributed by atoms with van der Waals surface area (Å²) in [6.45, 7) is 2.13. The molecule has 0 spiro atoms. The molecule has 1 aromatic heterocycles. The summed E-state index contributed by atoms with van der Waals surface area (Å²) in [6.07, 6.45) is 1.69. The van der Waals surface area contributed by atoms with E-state index >= 15 is 0 Å². The second kappa shape index (κ2) is 6.95. The monoisotopic (exact) mass is 306 g/mol. The summed E-state index contributed by atoms with van der Waals surface area (Å²) in [7, 11) is 0. The highest BCUT2D eigenvalue weighted by molar-refractivity contribution is 6.32. The number of ether oxygens (including phenoxy) is 2. The largest absolute Gasteiger partial charge is 0.466 e. The molecule has 1 heterocycles. The van der Waals surface area contributed by atoms with E-state index in [4.69, 9.17) is 26.8 Å². The van der Waals surface area contributed by atoms with Gasteiger partial charge in [-0.3, -0.25) is 4.79 Å². The number of benzene rings is 1. The molecule has 0 saturated carbocycles. The second-order valence-electron chi connectivity index (χ2n) is 4.27. The van der Waals surface area contributed by atoms with Gasteiger partial charge >= 0.3 is 5.97 Å². The predicted octanol–water partition coefficient (Wildman–Crippen LogP) is 3.22. The first kappa shape index (κ1) is 15.1. The van der Waals surface area contributed by atoms with Crippen LogP contribution in [0.4, 0.5) is 5.82 Å². The van der Waals surface area contributed by atoms with Crippen LogP contribution in [0.1, 0.15) is 12.5 Å². The number of rotatable bonds is 5. The Balaban J connectivity index is 2.08. The van der Waals surface area contributed by atoms with E-state index < -0.39 is 0 Å². The number of carbonyl (C=O) groups excluding carboxylic acids is 1. The molecule has 0 saturated heterocycles. The van der Waals surface area contributed by atoms with E-state index in [1.165, 1.54) is 6.20 Å². The van der Waals surface area contributed by atoms with Crippen LogP contribution in [-0.2, 0) is 16.0 Å². The normalized spacial score (nSPS) is 10.2. The van der Waals surface area contributed by atoms with Crippen molar-refractivity contribution in [2.45, 2.75) is 13.3 Å². The van der Waals surface area contributed by atoms with Crippen LogP contribution in [0.25, 0.3) is 0 Å². The van der Waals surface area contributed by atoms with E-state index in [9.17, 15) is 4.79 Å². The summed E-state index contributed by atoms with van der Waals surface area (Å²) in [4.78, 5) is 15.3. The van der Waals surface area contributed by atoms with Gasteiger partial charge in [-0.05, 0) is 36.8 Å². The third-order valence-corrected chi connectivity index (χ3v) is 2.93. The second-order valence-corrected chi connectivity index (χ2v) is 4.67. The van der Waals surface area contributed by atoms with Crippen molar-refractivity contribution in [3.8, 4) is 11.5 Å². The summed E-state index contributed by atoms with van der Waals surface area (Å²) in [5.41, 5.74) is 6.27. The summed E-state index contributed by atoms with van der Waals surface area (Å²) in [5.74, 6) is 1.14. The van der Waals surface area contributed by atoms with Crippen LogP contribution in [0.5, 0.6) is 11.5 Å². The molecular weight excluding hydrogens is 292 g/mol. The Labute approximate surface area is 127 Å². The van der Waals surface area contributed by atoms with Crippen molar-refractivity contribution < 1.29 is 14.3 Å². The Kier molecular flexibility index (Phi) is 5.00. The lowest BCUT2D eigenvalue weighted by atomic mass is 10.1. The molecule has 0 radical (unpaired) electrons. The minimum Gasteiger partial charge on any atom is -0.466 e. The number of hydrogen-bond donors (Lipinski definition) is 1. The molecule has 110 valence electrons. The van der Waals surface area contributed by atoms with Gasteiger partial charge < -0.3 is 15.2 Å². The van der Waals surface area contributed by atoms with E-state index in [-0.39, 0.29) is 12.4 Å². The highest BCUT2D eigenvalue weighted by atomic mass is 35.5. The number of nitrogen functional groups attached to an aromatic ring is 1. The number of hydrogen-bond acceptors (Lipinski definition) is 5. The van der Waals surface area contributed by atoms with Gasteiger partial charge in [-0.25, -0.2) is 4.98 Å². The van der Waals surface area contributed by atoms with E-state index in [0.29, 0.717) is 28.9 Å². The molecule has 0 amide bonds. The third-order valence-electron chi connectivity index (χ3n) is 2.64. The van der Waals surface area contributed by atoms with Gasteiger partial charge in [0.05, 0.1) is 24.2 Å². The van der Waals surface area contributed by atoms with Gasteiger partial charge in [-0.1, -0.05) is 17.7 Å². The fourth-order valence-corrected chi connectivity index (χ4v) is 1.94. The highest BCUT2D eigenvalue weighted by Crippen LogP contribution is 2.30. The van der Waals surface area contributed by atoms with E-state index in [1.807, 2.05) is 0 Å². The van der Waals surface area contributed by atoms with Crippen molar-refractivity contribution in [2.75, 3.05) is 12.3 Å². The molecular formula is C15H15ClN2O3. The maximum absolute atomic E-state index is 11.4. The van der Waals surface area contributed by atoms with E-state index in [0.717, 1.165) is 5.56 Å². The van der Waals surface area contributed by atoms with Crippen LogP contribution in [0, 0.1) is 0 Å². The smallest absolute Gasteiger partial charge is 0.310 e. The van der Waals surface area contributed by atoms with Gasteiger partial charge in [-0.2, -0.15) is 0 Å². The lowest BCUT2D eigenvalue weighted by molar-refractivity contribution is -0.142. The van der Waals surface area contributed by atoms with Gasteiger partial charge in [0.2, 0.25) is 0 Å². The zero-order valence-corrected chi connectivity index (χ0v) is 12.3. The van der Waals surface area contributed by atoms with Crippen LogP contribution in [0.3, 0.4) is 0 Å². The van der Waals surface area contributed by atoms with Gasteiger partial charge in [0.25, 0.3) is 0 Å². The molecule has 0 bridgehead atoms. The molecule has 6 heteroatoms. The summed E-state index contributed by atoms with van der Waals surface area (Å²) in [6, 6.07) is 8.48. The van der Waals surface area contributed by atoms with Crippen LogP contribution in [-0.4, -0.2) is 17.6 Å². The maximum Gasteiger partial charge on any atom is 0.310 e.